The van der Waals surface area contributed by atoms with E-state index in [0.29, 0.717) is 27.8 Å². The fourth-order valence-corrected chi connectivity index (χ4v) is 3.11. The van der Waals surface area contributed by atoms with Crippen molar-refractivity contribution in [2.75, 3.05) is 11.1 Å². The molecule has 2 aromatic carbocycles. The van der Waals surface area contributed by atoms with E-state index in [1.165, 1.54) is 36.0 Å². The molecule has 0 aliphatic heterocycles. The lowest BCUT2D eigenvalue weighted by Crippen LogP contribution is -2.15. The number of aryl methyl sites for hydroxylation is 1. The first-order chi connectivity index (χ1) is 12.5. The molecule has 0 fully saturated rings. The van der Waals surface area contributed by atoms with Crippen LogP contribution >= 0.6 is 11.8 Å². The van der Waals surface area contributed by atoms with Gasteiger partial charge in [-0.15, -0.1) is 10.2 Å². The van der Waals surface area contributed by atoms with Gasteiger partial charge in [-0.05, 0) is 42.8 Å². The molecular formula is C18H16F2N4OS. The first-order valence-electron chi connectivity index (χ1n) is 7.79. The molecule has 0 aliphatic rings. The molecule has 1 heterocycles. The summed E-state index contributed by atoms with van der Waals surface area (Å²) in [7, 11) is 1.71. The molecule has 0 atom stereocenters. The Balaban J connectivity index is 1.67. The molecule has 134 valence electrons. The van der Waals surface area contributed by atoms with Gasteiger partial charge in [0, 0.05) is 12.7 Å². The summed E-state index contributed by atoms with van der Waals surface area (Å²) in [6, 6.07) is 10.5. The van der Waals surface area contributed by atoms with Crippen LogP contribution in [0.5, 0.6) is 0 Å². The molecular weight excluding hydrogens is 358 g/mol. The van der Waals surface area contributed by atoms with Crippen molar-refractivity contribution in [2.45, 2.75) is 12.1 Å². The van der Waals surface area contributed by atoms with Crippen molar-refractivity contribution >= 4 is 23.4 Å². The Kier molecular flexibility index (Phi) is 5.32. The number of amides is 1. The highest BCUT2D eigenvalue weighted by Crippen LogP contribution is 2.25. The molecule has 3 rings (SSSR count). The van der Waals surface area contributed by atoms with Crippen molar-refractivity contribution in [3.8, 4) is 11.4 Å². The zero-order valence-electron chi connectivity index (χ0n) is 14.2. The van der Waals surface area contributed by atoms with E-state index in [9.17, 15) is 13.6 Å². The summed E-state index contributed by atoms with van der Waals surface area (Å²) in [5, 5.41) is 11.3. The molecule has 3 aromatic rings. The summed E-state index contributed by atoms with van der Waals surface area (Å²) >= 11 is 1.19. The van der Waals surface area contributed by atoms with E-state index in [0.717, 1.165) is 0 Å². The zero-order chi connectivity index (χ0) is 18.7. The molecule has 0 saturated heterocycles. The van der Waals surface area contributed by atoms with Gasteiger partial charge in [0.25, 0.3) is 0 Å². The highest BCUT2D eigenvalue weighted by atomic mass is 32.2. The molecule has 1 amide bonds. The highest BCUT2D eigenvalue weighted by molar-refractivity contribution is 7.99. The number of nitrogens with zero attached hydrogens (tertiary/aromatic N) is 3. The number of benzene rings is 2. The fraction of sp³-hybridized carbons (Fsp3) is 0.167. The van der Waals surface area contributed by atoms with Gasteiger partial charge in [0.2, 0.25) is 5.91 Å². The number of aromatic nitrogens is 3. The molecule has 1 N–H and O–H groups in total. The molecule has 0 bridgehead atoms. The monoisotopic (exact) mass is 374 g/mol. The van der Waals surface area contributed by atoms with Crippen LogP contribution in [-0.2, 0) is 11.8 Å². The van der Waals surface area contributed by atoms with Crippen LogP contribution in [0.2, 0.25) is 0 Å². The van der Waals surface area contributed by atoms with Gasteiger partial charge >= 0.3 is 0 Å². The van der Waals surface area contributed by atoms with Crippen LogP contribution in [0, 0.1) is 18.6 Å². The van der Waals surface area contributed by atoms with Gasteiger partial charge < -0.3 is 9.88 Å². The Morgan fingerprint density at radius 3 is 2.69 bits per heavy atom. The Morgan fingerprint density at radius 2 is 1.96 bits per heavy atom. The van der Waals surface area contributed by atoms with Gasteiger partial charge in [0.15, 0.2) is 11.0 Å². The lowest BCUT2D eigenvalue weighted by molar-refractivity contribution is -0.113. The molecule has 0 unspecified atom stereocenters. The highest BCUT2D eigenvalue weighted by Gasteiger charge is 2.15. The first kappa shape index (κ1) is 18.1. The molecule has 0 saturated carbocycles. The number of anilines is 1. The topological polar surface area (TPSA) is 59.8 Å². The van der Waals surface area contributed by atoms with Gasteiger partial charge in [-0.1, -0.05) is 23.9 Å². The Labute approximate surface area is 153 Å². The number of carbonyl (C=O) groups excluding carboxylic acids is 1. The Bertz CT molecular complexity index is 958. The minimum absolute atomic E-state index is 0.0973. The van der Waals surface area contributed by atoms with E-state index >= 15 is 0 Å². The van der Waals surface area contributed by atoms with E-state index in [4.69, 9.17) is 0 Å². The van der Waals surface area contributed by atoms with E-state index in [-0.39, 0.29) is 23.3 Å². The molecule has 0 spiro atoms. The minimum Gasteiger partial charge on any atom is -0.325 e. The van der Waals surface area contributed by atoms with Gasteiger partial charge in [-0.3, -0.25) is 4.79 Å². The quantitative estimate of drug-likeness (QED) is 0.690. The zero-order valence-corrected chi connectivity index (χ0v) is 15.0. The van der Waals surface area contributed by atoms with Crippen LogP contribution in [-0.4, -0.2) is 26.4 Å². The number of nitrogens with one attached hydrogen (secondary N) is 1. The SMILES string of the molecule is Cc1cc(F)ccc1NC(=O)CSc1nnc(-c2ccccc2F)n1C. The number of halogens is 2. The van der Waals surface area contributed by atoms with Crippen LogP contribution in [0.3, 0.4) is 0 Å². The normalized spacial score (nSPS) is 10.8. The molecule has 1 aromatic heterocycles. The molecule has 0 aliphatic carbocycles. The fourth-order valence-electron chi connectivity index (χ4n) is 2.40. The minimum atomic E-state index is -0.385. The third-order valence-electron chi connectivity index (χ3n) is 3.74. The van der Waals surface area contributed by atoms with Crippen molar-refractivity contribution < 1.29 is 13.6 Å². The molecule has 0 radical (unpaired) electrons. The van der Waals surface area contributed by atoms with Crippen LogP contribution in [0.15, 0.2) is 47.6 Å². The second-order valence-corrected chi connectivity index (χ2v) is 6.58. The van der Waals surface area contributed by atoms with Gasteiger partial charge in [0.05, 0.1) is 11.3 Å². The van der Waals surface area contributed by atoms with Crippen molar-refractivity contribution in [3.63, 3.8) is 0 Å². The van der Waals surface area contributed by atoms with E-state index in [1.807, 2.05) is 0 Å². The van der Waals surface area contributed by atoms with Crippen LogP contribution < -0.4 is 5.32 Å². The second kappa shape index (κ2) is 7.65. The summed E-state index contributed by atoms with van der Waals surface area (Å²) in [6.07, 6.45) is 0. The number of hydrogen-bond acceptors (Lipinski definition) is 4. The molecule has 26 heavy (non-hydrogen) atoms. The number of thioether (sulfide) groups is 1. The largest absolute Gasteiger partial charge is 0.325 e. The van der Waals surface area contributed by atoms with Gasteiger partial charge in [-0.25, -0.2) is 8.78 Å². The van der Waals surface area contributed by atoms with Crippen molar-refractivity contribution in [2.24, 2.45) is 7.05 Å². The van der Waals surface area contributed by atoms with Gasteiger partial charge in [-0.2, -0.15) is 0 Å². The van der Waals surface area contributed by atoms with E-state index in [1.54, 1.807) is 36.7 Å². The lowest BCUT2D eigenvalue weighted by atomic mass is 10.2. The van der Waals surface area contributed by atoms with Gasteiger partial charge in [0.1, 0.15) is 11.6 Å². The third kappa shape index (κ3) is 3.91. The van der Waals surface area contributed by atoms with Crippen molar-refractivity contribution in [1.29, 1.82) is 0 Å². The predicted molar refractivity (Wildman–Crippen MR) is 96.9 cm³/mol. The summed E-state index contributed by atoms with van der Waals surface area (Å²) in [4.78, 5) is 12.1. The summed E-state index contributed by atoms with van der Waals surface area (Å²) < 4.78 is 28.7. The Morgan fingerprint density at radius 1 is 1.19 bits per heavy atom. The summed E-state index contributed by atoms with van der Waals surface area (Å²) in [6.45, 7) is 1.72. The number of rotatable bonds is 5. The summed E-state index contributed by atoms with van der Waals surface area (Å²) in [5.74, 6) is -0.501. The predicted octanol–water partition coefficient (Wildman–Crippen LogP) is 3.80. The molecule has 5 nitrogen and oxygen atoms in total. The number of carbonyl (C=O) groups is 1. The Hall–Kier alpha value is -2.74. The smallest absolute Gasteiger partial charge is 0.234 e. The lowest BCUT2D eigenvalue weighted by Gasteiger charge is -2.08. The maximum atomic E-state index is 13.9. The second-order valence-electron chi connectivity index (χ2n) is 5.64. The number of hydrogen-bond donors (Lipinski definition) is 1. The van der Waals surface area contributed by atoms with E-state index in [2.05, 4.69) is 15.5 Å². The maximum absolute atomic E-state index is 13.9. The average molecular weight is 374 g/mol. The van der Waals surface area contributed by atoms with Crippen LogP contribution in [0.25, 0.3) is 11.4 Å². The van der Waals surface area contributed by atoms with Crippen molar-refractivity contribution in [1.82, 2.24) is 14.8 Å². The average Bonchev–Trinajstić information content (AvgIpc) is 2.97. The first-order valence-corrected chi connectivity index (χ1v) is 8.77. The third-order valence-corrected chi connectivity index (χ3v) is 4.76. The maximum Gasteiger partial charge on any atom is 0.234 e. The van der Waals surface area contributed by atoms with Crippen LogP contribution in [0.4, 0.5) is 14.5 Å². The standard InChI is InChI=1S/C18H16F2N4OS/c1-11-9-12(19)7-8-15(11)21-16(25)10-26-18-23-22-17(24(18)2)13-5-3-4-6-14(13)20/h3-9H,10H2,1-2H3,(H,21,25). The van der Waals surface area contributed by atoms with Crippen LogP contribution in [0.1, 0.15) is 5.56 Å². The molecule has 8 heteroatoms. The summed E-state index contributed by atoms with van der Waals surface area (Å²) in [5.41, 5.74) is 1.55. The van der Waals surface area contributed by atoms with E-state index < -0.39 is 0 Å². The van der Waals surface area contributed by atoms with Crippen molar-refractivity contribution in [3.05, 3.63) is 59.7 Å².